The Balaban J connectivity index is 1.71. The fourth-order valence-corrected chi connectivity index (χ4v) is 2.74. The van der Waals surface area contributed by atoms with Gasteiger partial charge in [-0.3, -0.25) is 14.6 Å². The number of carbonyl (C=O) groups is 1. The summed E-state index contributed by atoms with van der Waals surface area (Å²) in [5, 5.41) is 4.09. The molecule has 0 aromatic heterocycles. The number of ether oxygens (including phenoxy) is 1. The lowest BCUT2D eigenvalue weighted by Crippen LogP contribution is -2.46. The molecule has 1 aromatic rings. The summed E-state index contributed by atoms with van der Waals surface area (Å²) in [5.74, 6) is -0.105. The fourth-order valence-electron chi connectivity index (χ4n) is 2.37. The summed E-state index contributed by atoms with van der Waals surface area (Å²) >= 11 is 11.1. The van der Waals surface area contributed by atoms with Crippen molar-refractivity contribution in [1.29, 1.82) is 0 Å². The zero-order valence-corrected chi connectivity index (χ0v) is 13.5. The first-order valence-corrected chi connectivity index (χ1v) is 7.82. The minimum Gasteiger partial charge on any atom is -0.379 e. The Bertz CT molecular complexity index is 612. The number of benzene rings is 1. The van der Waals surface area contributed by atoms with Crippen LogP contribution in [0.25, 0.3) is 6.08 Å². The Kier molecular flexibility index (Phi) is 4.73. The van der Waals surface area contributed by atoms with Gasteiger partial charge in [-0.15, -0.1) is 0 Å². The van der Waals surface area contributed by atoms with E-state index >= 15 is 0 Å². The maximum Gasteiger partial charge on any atom is 0.277 e. The van der Waals surface area contributed by atoms with Gasteiger partial charge in [-0.1, -0.05) is 23.7 Å². The van der Waals surface area contributed by atoms with E-state index in [4.69, 9.17) is 28.6 Å². The van der Waals surface area contributed by atoms with E-state index in [0.29, 0.717) is 35.7 Å². The number of nitrogens with zero attached hydrogens (tertiary/aromatic N) is 2. The molecule has 0 saturated carbocycles. The number of hydrogen-bond acceptors (Lipinski definition) is 4. The highest BCUT2D eigenvalue weighted by Gasteiger charge is 2.32. The van der Waals surface area contributed by atoms with Crippen molar-refractivity contribution in [3.8, 4) is 0 Å². The number of rotatable bonds is 3. The van der Waals surface area contributed by atoms with Crippen molar-refractivity contribution >= 4 is 40.9 Å². The van der Waals surface area contributed by atoms with Crippen LogP contribution in [-0.2, 0) is 9.53 Å². The van der Waals surface area contributed by atoms with Crippen LogP contribution >= 0.6 is 23.8 Å². The minimum atomic E-state index is -0.105. The molecule has 1 amide bonds. The number of morpholine rings is 1. The molecule has 0 aliphatic carbocycles. The van der Waals surface area contributed by atoms with Crippen molar-refractivity contribution in [1.82, 2.24) is 15.1 Å². The van der Waals surface area contributed by atoms with Gasteiger partial charge in [0.1, 0.15) is 5.70 Å². The van der Waals surface area contributed by atoms with Crippen LogP contribution < -0.4 is 5.32 Å². The van der Waals surface area contributed by atoms with Gasteiger partial charge in [-0.25, -0.2) is 0 Å². The van der Waals surface area contributed by atoms with Gasteiger partial charge in [0.2, 0.25) is 0 Å². The third kappa shape index (κ3) is 3.47. The van der Waals surface area contributed by atoms with Crippen molar-refractivity contribution in [2.75, 3.05) is 33.0 Å². The molecular weight excluding hydrogens is 322 g/mol. The Morgan fingerprint density at radius 2 is 1.95 bits per heavy atom. The molecule has 2 aliphatic heterocycles. The maximum absolute atomic E-state index is 12.5. The van der Waals surface area contributed by atoms with Crippen LogP contribution in [0.4, 0.5) is 0 Å². The van der Waals surface area contributed by atoms with Crippen molar-refractivity contribution in [2.45, 2.75) is 0 Å². The van der Waals surface area contributed by atoms with Gasteiger partial charge < -0.3 is 10.1 Å². The lowest BCUT2D eigenvalue weighted by molar-refractivity contribution is -0.124. The summed E-state index contributed by atoms with van der Waals surface area (Å²) < 4.78 is 5.31. The first kappa shape index (κ1) is 15.4. The van der Waals surface area contributed by atoms with E-state index in [1.165, 1.54) is 0 Å². The number of thiocarbonyl (C=S) groups is 1. The van der Waals surface area contributed by atoms with Crippen LogP contribution in [0.1, 0.15) is 5.56 Å². The number of amides is 1. The highest BCUT2D eigenvalue weighted by atomic mass is 35.5. The molecule has 2 fully saturated rings. The minimum absolute atomic E-state index is 0.105. The third-order valence-electron chi connectivity index (χ3n) is 3.59. The molecule has 116 valence electrons. The predicted molar refractivity (Wildman–Crippen MR) is 89.3 cm³/mol. The smallest absolute Gasteiger partial charge is 0.277 e. The van der Waals surface area contributed by atoms with Gasteiger partial charge in [0, 0.05) is 18.1 Å². The number of carbonyl (C=O) groups excluding carboxylic acids is 1. The zero-order chi connectivity index (χ0) is 15.5. The Morgan fingerprint density at radius 1 is 1.27 bits per heavy atom. The van der Waals surface area contributed by atoms with Gasteiger partial charge in [0.05, 0.1) is 19.9 Å². The first-order valence-electron chi connectivity index (χ1n) is 7.04. The summed E-state index contributed by atoms with van der Waals surface area (Å²) in [5.41, 5.74) is 1.39. The molecule has 22 heavy (non-hydrogen) atoms. The molecule has 7 heteroatoms. The van der Waals surface area contributed by atoms with Gasteiger partial charge >= 0.3 is 0 Å². The molecule has 2 aliphatic rings. The van der Waals surface area contributed by atoms with E-state index in [-0.39, 0.29) is 5.91 Å². The van der Waals surface area contributed by atoms with Gasteiger partial charge in [-0.05, 0) is 36.0 Å². The molecule has 0 atom stereocenters. The second-order valence-electron chi connectivity index (χ2n) is 5.14. The van der Waals surface area contributed by atoms with Crippen molar-refractivity contribution < 1.29 is 9.53 Å². The molecular formula is C15H16ClN3O2S. The van der Waals surface area contributed by atoms with Crippen LogP contribution in [0.3, 0.4) is 0 Å². The summed E-state index contributed by atoms with van der Waals surface area (Å²) in [7, 11) is 0. The lowest BCUT2D eigenvalue weighted by atomic mass is 10.2. The molecule has 1 aromatic carbocycles. The van der Waals surface area contributed by atoms with Crippen LogP contribution in [-0.4, -0.2) is 53.8 Å². The van der Waals surface area contributed by atoms with Gasteiger partial charge in [0.25, 0.3) is 5.91 Å². The molecule has 0 spiro atoms. The summed E-state index contributed by atoms with van der Waals surface area (Å²) in [6, 6.07) is 7.30. The maximum atomic E-state index is 12.5. The number of halogens is 1. The summed E-state index contributed by atoms with van der Waals surface area (Å²) in [4.78, 5) is 16.2. The van der Waals surface area contributed by atoms with Crippen LogP contribution in [0.2, 0.25) is 5.02 Å². The number of hydrogen-bond donors (Lipinski definition) is 1. The Morgan fingerprint density at radius 3 is 2.64 bits per heavy atom. The van der Waals surface area contributed by atoms with Crippen molar-refractivity contribution in [2.24, 2.45) is 0 Å². The normalized spacial score (nSPS) is 21.5. The molecule has 0 bridgehead atoms. The summed E-state index contributed by atoms with van der Waals surface area (Å²) in [6.07, 6.45) is 1.78. The van der Waals surface area contributed by atoms with Gasteiger partial charge in [-0.2, -0.15) is 0 Å². The highest BCUT2D eigenvalue weighted by molar-refractivity contribution is 7.80. The monoisotopic (exact) mass is 337 g/mol. The van der Waals surface area contributed by atoms with E-state index in [0.717, 1.165) is 18.7 Å². The third-order valence-corrected chi connectivity index (χ3v) is 4.16. The fraction of sp³-hybridized carbons (Fsp3) is 0.333. The van der Waals surface area contributed by atoms with Gasteiger partial charge in [0.15, 0.2) is 5.11 Å². The Hall–Kier alpha value is -1.47. The van der Waals surface area contributed by atoms with Crippen LogP contribution in [0, 0.1) is 0 Å². The van der Waals surface area contributed by atoms with E-state index < -0.39 is 0 Å². The largest absolute Gasteiger partial charge is 0.379 e. The average molecular weight is 338 g/mol. The second kappa shape index (κ2) is 6.75. The van der Waals surface area contributed by atoms with Crippen LogP contribution in [0.5, 0.6) is 0 Å². The quantitative estimate of drug-likeness (QED) is 0.671. The molecule has 2 heterocycles. The standard InChI is InChI=1S/C15H16ClN3O2S/c16-12-3-1-11(2-4-12)9-13-14(20)19(15(22)17-13)10-18-5-7-21-8-6-18/h1-4,9H,5-8,10H2,(H,17,22). The van der Waals surface area contributed by atoms with E-state index in [9.17, 15) is 4.79 Å². The van der Waals surface area contributed by atoms with Crippen molar-refractivity contribution in [3.05, 3.63) is 40.5 Å². The Labute approximate surface area is 139 Å². The molecule has 2 saturated heterocycles. The topological polar surface area (TPSA) is 44.8 Å². The van der Waals surface area contributed by atoms with E-state index in [1.807, 2.05) is 12.1 Å². The van der Waals surface area contributed by atoms with E-state index in [1.54, 1.807) is 23.1 Å². The average Bonchev–Trinajstić information content (AvgIpc) is 2.78. The molecule has 1 N–H and O–H groups in total. The SMILES string of the molecule is O=C1C(=Cc2ccc(Cl)cc2)NC(=S)N1CN1CCOCC1. The van der Waals surface area contributed by atoms with Crippen molar-refractivity contribution in [3.63, 3.8) is 0 Å². The predicted octanol–water partition coefficient (Wildman–Crippen LogP) is 1.69. The molecule has 5 nitrogen and oxygen atoms in total. The zero-order valence-electron chi connectivity index (χ0n) is 11.9. The first-order chi connectivity index (χ1) is 10.6. The molecule has 0 radical (unpaired) electrons. The number of nitrogens with one attached hydrogen (secondary N) is 1. The van der Waals surface area contributed by atoms with Crippen LogP contribution in [0.15, 0.2) is 30.0 Å². The van der Waals surface area contributed by atoms with E-state index in [2.05, 4.69) is 10.2 Å². The molecule has 3 rings (SSSR count). The highest BCUT2D eigenvalue weighted by Crippen LogP contribution is 2.17. The summed E-state index contributed by atoms with van der Waals surface area (Å²) in [6.45, 7) is 3.49. The second-order valence-corrected chi connectivity index (χ2v) is 5.97. The lowest BCUT2D eigenvalue weighted by Gasteiger charge is -2.29. The molecule has 0 unspecified atom stereocenters.